The molecular formula is C10H21ClS. The summed E-state index contributed by atoms with van der Waals surface area (Å²) in [4.78, 5) is 0. The van der Waals surface area contributed by atoms with Crippen LogP contribution in [-0.4, -0.2) is 16.4 Å². The van der Waals surface area contributed by atoms with Crippen LogP contribution in [0.3, 0.4) is 0 Å². The van der Waals surface area contributed by atoms with Crippen LogP contribution in [0.2, 0.25) is 0 Å². The molecule has 0 saturated carbocycles. The second-order valence-corrected chi connectivity index (χ2v) is 6.41. The summed E-state index contributed by atoms with van der Waals surface area (Å²) >= 11 is 7.84. The minimum absolute atomic E-state index is 0.407. The van der Waals surface area contributed by atoms with Gasteiger partial charge < -0.3 is 0 Å². The van der Waals surface area contributed by atoms with Gasteiger partial charge in [-0.15, -0.1) is 11.6 Å². The van der Waals surface area contributed by atoms with Crippen molar-refractivity contribution in [2.24, 2.45) is 5.92 Å². The fourth-order valence-electron chi connectivity index (χ4n) is 0.922. The molecule has 1 atom stereocenters. The fourth-order valence-corrected chi connectivity index (χ4v) is 2.36. The summed E-state index contributed by atoms with van der Waals surface area (Å²) in [5.41, 5.74) is 0. The molecule has 12 heavy (non-hydrogen) atoms. The Balaban J connectivity index is 3.41. The molecule has 0 spiro atoms. The van der Waals surface area contributed by atoms with Crippen molar-refractivity contribution in [3.63, 3.8) is 0 Å². The lowest BCUT2D eigenvalue weighted by Gasteiger charge is -2.19. The third-order valence-electron chi connectivity index (χ3n) is 1.86. The molecule has 74 valence electrons. The third-order valence-corrected chi connectivity index (χ3v) is 3.60. The Morgan fingerprint density at radius 3 is 2.25 bits per heavy atom. The van der Waals surface area contributed by atoms with E-state index in [1.807, 2.05) is 11.8 Å². The smallest absolute Gasteiger partial charge is 0.0251 e. The van der Waals surface area contributed by atoms with Crippen molar-refractivity contribution in [1.29, 1.82) is 0 Å². The number of alkyl halides is 1. The molecule has 0 aromatic carbocycles. The molecule has 1 unspecified atom stereocenters. The van der Waals surface area contributed by atoms with Crippen molar-refractivity contribution in [2.75, 3.05) is 11.6 Å². The van der Waals surface area contributed by atoms with E-state index in [1.54, 1.807) is 0 Å². The first-order valence-corrected chi connectivity index (χ1v) is 6.21. The van der Waals surface area contributed by atoms with Gasteiger partial charge in [0, 0.05) is 10.6 Å². The number of thioether (sulfide) groups is 1. The van der Waals surface area contributed by atoms with Crippen molar-refractivity contribution >= 4 is 23.4 Å². The summed E-state index contributed by atoms with van der Waals surface area (Å²) < 4.78 is 0.407. The van der Waals surface area contributed by atoms with E-state index in [1.165, 1.54) is 18.6 Å². The van der Waals surface area contributed by atoms with Gasteiger partial charge in [-0.2, -0.15) is 11.8 Å². The highest BCUT2D eigenvalue weighted by atomic mass is 35.5. The predicted octanol–water partition coefficient (Wildman–Crippen LogP) is 4.17. The van der Waals surface area contributed by atoms with Gasteiger partial charge in [0.05, 0.1) is 0 Å². The Morgan fingerprint density at radius 2 is 1.92 bits per heavy atom. The molecule has 0 saturated heterocycles. The van der Waals surface area contributed by atoms with Crippen LogP contribution in [0.25, 0.3) is 0 Å². The van der Waals surface area contributed by atoms with Crippen molar-refractivity contribution in [3.05, 3.63) is 0 Å². The maximum atomic E-state index is 5.81. The second-order valence-electron chi connectivity index (χ2n) is 4.18. The highest BCUT2D eigenvalue weighted by Crippen LogP contribution is 2.25. The van der Waals surface area contributed by atoms with Crippen LogP contribution in [0.1, 0.15) is 40.5 Å². The Labute approximate surface area is 86.5 Å². The molecule has 0 aliphatic carbocycles. The minimum atomic E-state index is 0.407. The van der Waals surface area contributed by atoms with Gasteiger partial charge in [0.1, 0.15) is 0 Å². The SMILES string of the molecule is CCC(CCl)CCSC(C)(C)C. The van der Waals surface area contributed by atoms with E-state index in [4.69, 9.17) is 11.6 Å². The summed E-state index contributed by atoms with van der Waals surface area (Å²) in [5.74, 6) is 2.79. The zero-order valence-electron chi connectivity index (χ0n) is 8.69. The molecular weight excluding hydrogens is 188 g/mol. The predicted molar refractivity (Wildman–Crippen MR) is 61.3 cm³/mol. The van der Waals surface area contributed by atoms with Gasteiger partial charge in [-0.1, -0.05) is 34.1 Å². The summed E-state index contributed by atoms with van der Waals surface area (Å²) in [6.07, 6.45) is 2.48. The largest absolute Gasteiger partial charge is 0.156 e. The zero-order chi connectivity index (χ0) is 9.61. The lowest BCUT2D eigenvalue weighted by atomic mass is 10.1. The van der Waals surface area contributed by atoms with Crippen molar-refractivity contribution in [1.82, 2.24) is 0 Å². The van der Waals surface area contributed by atoms with Crippen LogP contribution >= 0.6 is 23.4 Å². The van der Waals surface area contributed by atoms with Crippen LogP contribution < -0.4 is 0 Å². The molecule has 0 rings (SSSR count). The van der Waals surface area contributed by atoms with Crippen molar-refractivity contribution in [3.8, 4) is 0 Å². The molecule has 0 aromatic heterocycles. The molecule has 0 aliphatic rings. The summed E-state index contributed by atoms with van der Waals surface area (Å²) in [6, 6.07) is 0. The minimum Gasteiger partial charge on any atom is -0.156 e. The zero-order valence-corrected chi connectivity index (χ0v) is 10.3. The van der Waals surface area contributed by atoms with Gasteiger partial charge >= 0.3 is 0 Å². The monoisotopic (exact) mass is 208 g/mol. The Bertz CT molecular complexity index is 103. The normalized spacial score (nSPS) is 14.8. The van der Waals surface area contributed by atoms with Crippen LogP contribution in [0.4, 0.5) is 0 Å². The molecule has 0 amide bonds. The van der Waals surface area contributed by atoms with E-state index >= 15 is 0 Å². The van der Waals surface area contributed by atoms with E-state index in [0.717, 1.165) is 11.8 Å². The highest BCUT2D eigenvalue weighted by molar-refractivity contribution is 8.00. The quantitative estimate of drug-likeness (QED) is 0.612. The van der Waals surface area contributed by atoms with Gasteiger partial charge in [-0.3, -0.25) is 0 Å². The Morgan fingerprint density at radius 1 is 1.33 bits per heavy atom. The molecule has 0 aliphatic heterocycles. The van der Waals surface area contributed by atoms with Gasteiger partial charge in [-0.05, 0) is 18.1 Å². The molecule has 0 bridgehead atoms. The summed E-state index contributed by atoms with van der Waals surface area (Å²) in [5, 5.41) is 0. The topological polar surface area (TPSA) is 0 Å². The average molecular weight is 209 g/mol. The maximum Gasteiger partial charge on any atom is 0.0251 e. The van der Waals surface area contributed by atoms with Crippen LogP contribution in [-0.2, 0) is 0 Å². The second kappa shape index (κ2) is 6.15. The molecule has 0 heterocycles. The summed E-state index contributed by atoms with van der Waals surface area (Å²) in [7, 11) is 0. The van der Waals surface area contributed by atoms with Gasteiger partial charge in [0.25, 0.3) is 0 Å². The van der Waals surface area contributed by atoms with Gasteiger partial charge in [-0.25, -0.2) is 0 Å². The van der Waals surface area contributed by atoms with E-state index in [-0.39, 0.29) is 0 Å². The number of halogens is 1. The molecule has 0 radical (unpaired) electrons. The van der Waals surface area contributed by atoms with E-state index < -0.39 is 0 Å². The van der Waals surface area contributed by atoms with Crippen molar-refractivity contribution < 1.29 is 0 Å². The standard InChI is InChI=1S/C10H21ClS/c1-5-9(8-11)6-7-12-10(2,3)4/h9H,5-8H2,1-4H3. The number of hydrogen-bond donors (Lipinski definition) is 0. The first-order valence-electron chi connectivity index (χ1n) is 4.69. The van der Waals surface area contributed by atoms with Crippen LogP contribution in [0.15, 0.2) is 0 Å². The lowest BCUT2D eigenvalue weighted by molar-refractivity contribution is 0.554. The van der Waals surface area contributed by atoms with E-state index in [0.29, 0.717) is 4.75 Å². The van der Waals surface area contributed by atoms with Crippen LogP contribution in [0, 0.1) is 5.92 Å². The highest BCUT2D eigenvalue weighted by Gasteiger charge is 2.11. The van der Waals surface area contributed by atoms with E-state index in [9.17, 15) is 0 Å². The van der Waals surface area contributed by atoms with E-state index in [2.05, 4.69) is 27.7 Å². The van der Waals surface area contributed by atoms with Gasteiger partial charge in [0.2, 0.25) is 0 Å². The average Bonchev–Trinajstić information content (AvgIpc) is 1.96. The van der Waals surface area contributed by atoms with Gasteiger partial charge in [0.15, 0.2) is 0 Å². The molecule has 0 nitrogen and oxygen atoms in total. The molecule has 0 fully saturated rings. The molecule has 0 aromatic rings. The number of hydrogen-bond acceptors (Lipinski definition) is 1. The number of rotatable bonds is 5. The fraction of sp³-hybridized carbons (Fsp3) is 1.00. The Kier molecular flexibility index (Phi) is 6.48. The van der Waals surface area contributed by atoms with Crippen molar-refractivity contribution in [2.45, 2.75) is 45.3 Å². The first kappa shape index (κ1) is 12.6. The summed E-state index contributed by atoms with van der Waals surface area (Å²) in [6.45, 7) is 9.01. The Hall–Kier alpha value is 0.640. The molecule has 2 heteroatoms. The maximum absolute atomic E-state index is 5.81. The van der Waals surface area contributed by atoms with Crippen LogP contribution in [0.5, 0.6) is 0 Å². The first-order chi connectivity index (χ1) is 5.49. The lowest BCUT2D eigenvalue weighted by Crippen LogP contribution is -2.10. The third kappa shape index (κ3) is 7.30. The molecule has 0 N–H and O–H groups in total.